The van der Waals surface area contributed by atoms with Crippen LogP contribution in [-0.2, 0) is 16.8 Å². The number of benzene rings is 2. The molecular formula is C32H53Cl2CoN3. The summed E-state index contributed by atoms with van der Waals surface area (Å²) in [6.07, 6.45) is 0. The Morgan fingerprint density at radius 2 is 0.737 bits per heavy atom. The molecule has 0 heterocycles. The fraction of sp³-hybridized carbons (Fsp3) is 0.625. The van der Waals surface area contributed by atoms with Gasteiger partial charge in [-0.05, 0) is 73.6 Å². The normalized spacial score (nSPS) is 12.6. The molecule has 0 amide bonds. The van der Waals surface area contributed by atoms with Gasteiger partial charge in [0, 0.05) is 36.5 Å². The molecule has 0 aliphatic rings. The number of hydrogen-bond acceptors (Lipinski definition) is 3. The zero-order valence-electron chi connectivity index (χ0n) is 25.8. The van der Waals surface area contributed by atoms with E-state index in [4.69, 9.17) is 0 Å². The summed E-state index contributed by atoms with van der Waals surface area (Å²) in [5.74, 6) is 2.00. The monoisotopic (exact) mass is 608 g/mol. The Morgan fingerprint density at radius 3 is 0.947 bits per heavy atom. The minimum absolute atomic E-state index is 0. The van der Waals surface area contributed by atoms with Gasteiger partial charge in [0.2, 0.25) is 0 Å². The molecule has 1 radical (unpaired) electrons. The van der Waals surface area contributed by atoms with Gasteiger partial charge in [0.1, 0.15) is 0 Å². The molecule has 219 valence electrons. The third kappa shape index (κ3) is 10.9. The van der Waals surface area contributed by atoms with E-state index in [1.165, 1.54) is 44.8 Å². The molecule has 3 nitrogen and oxygen atoms in total. The molecular weight excluding hydrogens is 556 g/mol. The molecule has 38 heavy (non-hydrogen) atoms. The summed E-state index contributed by atoms with van der Waals surface area (Å²) in [7, 11) is 0. The van der Waals surface area contributed by atoms with Gasteiger partial charge in [-0.25, -0.2) is 0 Å². The molecule has 0 saturated heterocycles. The number of aryl methyl sites for hydroxylation is 2. The maximum atomic E-state index is 3.86. The van der Waals surface area contributed by atoms with E-state index < -0.39 is 0 Å². The minimum Gasteiger partial charge on any atom is -1.00 e. The molecule has 2 rings (SSSR count). The van der Waals surface area contributed by atoms with E-state index in [2.05, 4.69) is 123 Å². The number of hydrogen-bond donors (Lipinski definition) is 3. The van der Waals surface area contributed by atoms with Gasteiger partial charge in [0.25, 0.3) is 0 Å². The summed E-state index contributed by atoms with van der Waals surface area (Å²) in [5, 5.41) is 11.4. The van der Waals surface area contributed by atoms with Gasteiger partial charge in [-0.2, -0.15) is 0 Å². The second kappa shape index (κ2) is 17.7. The molecule has 6 heteroatoms. The predicted octanol–water partition coefficient (Wildman–Crippen LogP) is 2.69. The van der Waals surface area contributed by atoms with Crippen molar-refractivity contribution in [2.24, 2.45) is 0 Å². The first-order chi connectivity index (χ1) is 16.3. The maximum Gasteiger partial charge on any atom is 2.00 e. The van der Waals surface area contributed by atoms with E-state index in [0.29, 0.717) is 35.8 Å². The second-order valence-corrected chi connectivity index (χ2v) is 12.0. The zero-order valence-corrected chi connectivity index (χ0v) is 28.3. The average molecular weight is 610 g/mol. The molecule has 0 saturated carbocycles. The topological polar surface area (TPSA) is 36.1 Å². The van der Waals surface area contributed by atoms with Crippen LogP contribution in [0, 0.1) is 13.8 Å². The van der Waals surface area contributed by atoms with Crippen LogP contribution in [-0.4, -0.2) is 25.2 Å². The number of anilines is 2. The van der Waals surface area contributed by atoms with E-state index in [1.54, 1.807) is 0 Å². The zero-order chi connectivity index (χ0) is 26.4. The summed E-state index contributed by atoms with van der Waals surface area (Å²) < 4.78 is 0. The van der Waals surface area contributed by atoms with Crippen LogP contribution >= 0.6 is 0 Å². The molecule has 2 aromatic carbocycles. The second-order valence-electron chi connectivity index (χ2n) is 12.0. The van der Waals surface area contributed by atoms with Crippen molar-refractivity contribution in [3.63, 3.8) is 0 Å². The van der Waals surface area contributed by atoms with Crippen molar-refractivity contribution in [1.82, 2.24) is 5.32 Å². The Hall–Kier alpha value is -0.914. The molecule has 2 unspecified atom stereocenters. The molecule has 2 atom stereocenters. The van der Waals surface area contributed by atoms with Crippen molar-refractivity contribution in [2.45, 2.75) is 119 Å². The molecule has 0 aromatic heterocycles. The molecule has 2 aromatic rings. The largest absolute Gasteiger partial charge is 2.00 e. The maximum absolute atomic E-state index is 3.86. The van der Waals surface area contributed by atoms with Crippen LogP contribution < -0.4 is 40.8 Å². The summed E-state index contributed by atoms with van der Waals surface area (Å²) >= 11 is 0. The van der Waals surface area contributed by atoms with Crippen LogP contribution in [0.5, 0.6) is 0 Å². The van der Waals surface area contributed by atoms with E-state index in [9.17, 15) is 0 Å². The van der Waals surface area contributed by atoms with Crippen molar-refractivity contribution >= 4 is 11.4 Å². The van der Waals surface area contributed by atoms with Gasteiger partial charge in [0.05, 0.1) is 0 Å². The number of rotatable bonds is 12. The smallest absolute Gasteiger partial charge is 1.00 e. The predicted molar refractivity (Wildman–Crippen MR) is 158 cm³/mol. The van der Waals surface area contributed by atoms with Crippen molar-refractivity contribution < 1.29 is 41.6 Å². The Balaban J connectivity index is 0. The SMILES string of the molecule is Cc1cc(C(C)C)c(NC(C)CNCC(C)Nc2c(C(C)C)cc(C)cc2C(C)C)c(C(C)C)c1.[Cl-].[Cl-].[Co+2]. The third-order valence-corrected chi connectivity index (χ3v) is 6.86. The van der Waals surface area contributed by atoms with Crippen LogP contribution in [0.4, 0.5) is 11.4 Å². The first-order valence-electron chi connectivity index (χ1n) is 13.8. The fourth-order valence-electron chi connectivity index (χ4n) is 4.95. The van der Waals surface area contributed by atoms with Crippen molar-refractivity contribution in [2.75, 3.05) is 23.7 Å². The Kier molecular flexibility index (Phi) is 18.3. The van der Waals surface area contributed by atoms with Crippen molar-refractivity contribution in [1.29, 1.82) is 0 Å². The molecule has 0 spiro atoms. The fourth-order valence-corrected chi connectivity index (χ4v) is 4.95. The first kappa shape index (κ1) is 39.2. The molecule has 0 aliphatic carbocycles. The third-order valence-electron chi connectivity index (χ3n) is 6.86. The Morgan fingerprint density at radius 1 is 0.500 bits per heavy atom. The van der Waals surface area contributed by atoms with Gasteiger partial charge >= 0.3 is 16.8 Å². The van der Waals surface area contributed by atoms with Crippen molar-refractivity contribution in [3.8, 4) is 0 Å². The van der Waals surface area contributed by atoms with Crippen LogP contribution in [0.15, 0.2) is 24.3 Å². The number of nitrogens with one attached hydrogen (secondary N) is 3. The van der Waals surface area contributed by atoms with Gasteiger partial charge in [-0.3, -0.25) is 0 Å². The molecule has 0 aliphatic heterocycles. The van der Waals surface area contributed by atoms with E-state index >= 15 is 0 Å². The van der Waals surface area contributed by atoms with Gasteiger partial charge in [-0.1, -0.05) is 90.8 Å². The Bertz CT molecular complexity index is 838. The van der Waals surface area contributed by atoms with Crippen LogP contribution in [0.2, 0.25) is 0 Å². The van der Waals surface area contributed by atoms with E-state index in [-0.39, 0.29) is 41.6 Å². The van der Waals surface area contributed by atoms with E-state index in [1.807, 2.05) is 0 Å². The van der Waals surface area contributed by atoms with Crippen molar-refractivity contribution in [3.05, 3.63) is 57.6 Å². The average Bonchev–Trinajstić information content (AvgIpc) is 2.74. The Labute approximate surface area is 257 Å². The number of halogens is 2. The van der Waals surface area contributed by atoms with Crippen LogP contribution in [0.3, 0.4) is 0 Å². The summed E-state index contributed by atoms with van der Waals surface area (Å²) in [6.45, 7) is 29.2. The van der Waals surface area contributed by atoms with Crippen LogP contribution in [0.1, 0.15) is 126 Å². The van der Waals surface area contributed by atoms with Gasteiger partial charge in [0.15, 0.2) is 0 Å². The molecule has 3 N–H and O–H groups in total. The quantitative estimate of drug-likeness (QED) is 0.347. The van der Waals surface area contributed by atoms with Crippen LogP contribution in [0.25, 0.3) is 0 Å². The minimum atomic E-state index is 0. The summed E-state index contributed by atoms with van der Waals surface area (Å²) in [4.78, 5) is 0. The van der Waals surface area contributed by atoms with Gasteiger partial charge < -0.3 is 40.8 Å². The molecule has 0 fully saturated rings. The summed E-state index contributed by atoms with van der Waals surface area (Å²) in [6, 6.07) is 10.1. The van der Waals surface area contributed by atoms with E-state index in [0.717, 1.165) is 13.1 Å². The first-order valence-corrected chi connectivity index (χ1v) is 13.8. The standard InChI is InChI=1S/C32H53N3.2ClH.Co/c1-19(2)27-13-23(9)14-28(20(3)4)31(27)34-25(11)17-33-18-26(12)35-32-29(21(5)6)15-24(10)16-30(32)22(7)8;;;/h13-16,19-22,25-26,33-35H,17-18H2,1-12H3;2*1H;/q;;;+2/p-2. The van der Waals surface area contributed by atoms with Gasteiger partial charge in [-0.15, -0.1) is 0 Å². The molecule has 0 bridgehead atoms. The summed E-state index contributed by atoms with van der Waals surface area (Å²) in [5.41, 5.74) is 11.1.